The number of rotatable bonds is 3. The number of likely N-dealkylation sites (N-methyl/N-ethyl adjacent to an activating group) is 1. The highest BCUT2D eigenvalue weighted by atomic mass is 79.9. The average molecular weight is 391 g/mol. The first-order valence-electron chi connectivity index (χ1n) is 8.08. The first-order valence-corrected chi connectivity index (χ1v) is 8.88. The number of carbonyl (C=O) groups excluding carboxylic acids is 1. The Balaban J connectivity index is 1.74. The van der Waals surface area contributed by atoms with Crippen molar-refractivity contribution < 1.29 is 9.18 Å². The maximum Gasteiger partial charge on any atom is 0.255 e. The molecule has 1 saturated heterocycles. The van der Waals surface area contributed by atoms with Gasteiger partial charge in [0.1, 0.15) is 5.82 Å². The number of hydrogen-bond donors (Lipinski definition) is 0. The molecule has 0 saturated carbocycles. The molecule has 1 heterocycles. The lowest BCUT2D eigenvalue weighted by atomic mass is 10.0. The van der Waals surface area contributed by atoms with Crippen LogP contribution in [0.5, 0.6) is 0 Å². The van der Waals surface area contributed by atoms with Crippen molar-refractivity contribution in [3.63, 3.8) is 0 Å². The molecule has 0 aliphatic carbocycles. The Morgan fingerprint density at radius 3 is 2.71 bits per heavy atom. The summed E-state index contributed by atoms with van der Waals surface area (Å²) in [7, 11) is 1.83. The van der Waals surface area contributed by atoms with E-state index >= 15 is 0 Å². The molecule has 1 aliphatic rings. The third-order valence-electron chi connectivity index (χ3n) is 4.55. The van der Waals surface area contributed by atoms with Gasteiger partial charge < -0.3 is 9.80 Å². The van der Waals surface area contributed by atoms with Gasteiger partial charge in [-0.05, 0) is 59.1 Å². The lowest BCUT2D eigenvalue weighted by Crippen LogP contribution is -2.48. The van der Waals surface area contributed by atoms with Crippen LogP contribution in [-0.4, -0.2) is 37.0 Å². The van der Waals surface area contributed by atoms with Crippen LogP contribution in [0.25, 0.3) is 0 Å². The lowest BCUT2D eigenvalue weighted by molar-refractivity contribution is 0.0716. The number of piperidine rings is 1. The number of nitrogens with zero attached hydrogens (tertiary/aromatic N) is 2. The second-order valence-corrected chi connectivity index (χ2v) is 6.97. The van der Waals surface area contributed by atoms with E-state index in [1.165, 1.54) is 23.9 Å². The Hall–Kier alpha value is -1.88. The normalized spacial score (nSPS) is 17.6. The van der Waals surface area contributed by atoms with Gasteiger partial charge in [0, 0.05) is 36.3 Å². The SMILES string of the molecule is CN(C(=O)c1ccc(F)cc1Br)C1CCCN(c2ccccc2)C1. The molecule has 2 aromatic carbocycles. The van der Waals surface area contributed by atoms with Gasteiger partial charge in [-0.1, -0.05) is 18.2 Å². The maximum absolute atomic E-state index is 13.2. The van der Waals surface area contributed by atoms with Gasteiger partial charge in [-0.2, -0.15) is 0 Å². The number of para-hydroxylation sites is 1. The Labute approximate surface area is 150 Å². The quantitative estimate of drug-likeness (QED) is 0.778. The summed E-state index contributed by atoms with van der Waals surface area (Å²) < 4.78 is 13.7. The van der Waals surface area contributed by atoms with Gasteiger partial charge >= 0.3 is 0 Å². The van der Waals surface area contributed by atoms with Crippen LogP contribution in [0.2, 0.25) is 0 Å². The van der Waals surface area contributed by atoms with Crippen LogP contribution in [0.15, 0.2) is 53.0 Å². The number of anilines is 1. The minimum absolute atomic E-state index is 0.0817. The van der Waals surface area contributed by atoms with Crippen molar-refractivity contribution in [1.82, 2.24) is 4.90 Å². The van der Waals surface area contributed by atoms with E-state index in [0.717, 1.165) is 25.9 Å². The second-order valence-electron chi connectivity index (χ2n) is 6.12. The molecule has 1 atom stereocenters. The molecule has 0 N–H and O–H groups in total. The highest BCUT2D eigenvalue weighted by Crippen LogP contribution is 2.25. The van der Waals surface area contributed by atoms with E-state index in [4.69, 9.17) is 0 Å². The summed E-state index contributed by atoms with van der Waals surface area (Å²) in [5.74, 6) is -0.434. The fourth-order valence-corrected chi connectivity index (χ4v) is 3.68. The van der Waals surface area contributed by atoms with E-state index in [9.17, 15) is 9.18 Å². The van der Waals surface area contributed by atoms with Crippen molar-refractivity contribution in [1.29, 1.82) is 0 Å². The van der Waals surface area contributed by atoms with E-state index in [0.29, 0.717) is 10.0 Å². The van der Waals surface area contributed by atoms with Crippen LogP contribution in [0.3, 0.4) is 0 Å². The Kier molecular flexibility index (Phi) is 5.19. The van der Waals surface area contributed by atoms with Crippen molar-refractivity contribution in [3.8, 4) is 0 Å². The van der Waals surface area contributed by atoms with Gasteiger partial charge in [-0.15, -0.1) is 0 Å². The summed E-state index contributed by atoms with van der Waals surface area (Å²) in [6, 6.07) is 14.6. The van der Waals surface area contributed by atoms with Gasteiger partial charge in [0.05, 0.1) is 5.56 Å². The first kappa shape index (κ1) is 17.0. The molecular formula is C19H20BrFN2O. The van der Waals surface area contributed by atoms with E-state index in [1.807, 2.05) is 25.2 Å². The minimum atomic E-state index is -0.353. The standard InChI is InChI=1S/C19H20BrFN2O/c1-22(19(24)17-10-9-14(21)12-18(17)20)16-8-5-11-23(13-16)15-6-3-2-4-7-15/h2-4,6-7,9-10,12,16H,5,8,11,13H2,1H3. The van der Waals surface area contributed by atoms with Crippen molar-refractivity contribution in [2.24, 2.45) is 0 Å². The summed E-state index contributed by atoms with van der Waals surface area (Å²) in [5.41, 5.74) is 1.68. The van der Waals surface area contributed by atoms with Gasteiger partial charge in [0.15, 0.2) is 0 Å². The zero-order valence-electron chi connectivity index (χ0n) is 13.6. The summed E-state index contributed by atoms with van der Waals surface area (Å²) in [6.45, 7) is 1.81. The molecule has 1 unspecified atom stereocenters. The molecule has 0 spiro atoms. The van der Waals surface area contributed by atoms with Crippen LogP contribution in [0.4, 0.5) is 10.1 Å². The Morgan fingerprint density at radius 2 is 2.00 bits per heavy atom. The molecule has 0 radical (unpaired) electrons. The number of amides is 1. The smallest absolute Gasteiger partial charge is 0.255 e. The van der Waals surface area contributed by atoms with Crippen molar-refractivity contribution >= 4 is 27.5 Å². The Bertz CT molecular complexity index is 723. The zero-order valence-corrected chi connectivity index (χ0v) is 15.2. The third kappa shape index (κ3) is 3.61. The third-order valence-corrected chi connectivity index (χ3v) is 5.20. The largest absolute Gasteiger partial charge is 0.369 e. The van der Waals surface area contributed by atoms with E-state index < -0.39 is 0 Å². The van der Waals surface area contributed by atoms with Gasteiger partial charge in [0.25, 0.3) is 5.91 Å². The predicted octanol–water partition coefficient (Wildman–Crippen LogP) is 4.33. The molecular weight excluding hydrogens is 371 g/mol. The van der Waals surface area contributed by atoms with Crippen LogP contribution < -0.4 is 4.90 Å². The molecule has 5 heteroatoms. The first-order chi connectivity index (χ1) is 11.6. The molecule has 2 aromatic rings. The molecule has 126 valence electrons. The Morgan fingerprint density at radius 1 is 1.25 bits per heavy atom. The van der Waals surface area contributed by atoms with Gasteiger partial charge in [-0.25, -0.2) is 4.39 Å². The number of halogens is 2. The van der Waals surface area contributed by atoms with E-state index in [2.05, 4.69) is 33.0 Å². The minimum Gasteiger partial charge on any atom is -0.369 e. The monoisotopic (exact) mass is 390 g/mol. The number of benzene rings is 2. The van der Waals surface area contributed by atoms with Crippen LogP contribution >= 0.6 is 15.9 Å². The number of carbonyl (C=O) groups is 1. The molecule has 1 fully saturated rings. The van der Waals surface area contributed by atoms with Crippen molar-refractivity contribution in [2.75, 3.05) is 25.0 Å². The maximum atomic E-state index is 13.2. The van der Waals surface area contributed by atoms with Crippen LogP contribution in [-0.2, 0) is 0 Å². The zero-order chi connectivity index (χ0) is 17.1. The summed E-state index contributed by atoms with van der Waals surface area (Å²) in [6.07, 6.45) is 2.02. The molecule has 1 aliphatic heterocycles. The second kappa shape index (κ2) is 7.34. The molecule has 3 nitrogen and oxygen atoms in total. The fraction of sp³-hybridized carbons (Fsp3) is 0.316. The topological polar surface area (TPSA) is 23.6 Å². The van der Waals surface area contributed by atoms with Crippen molar-refractivity contribution in [3.05, 3.63) is 64.4 Å². The van der Waals surface area contributed by atoms with E-state index in [-0.39, 0.29) is 17.8 Å². The van der Waals surface area contributed by atoms with Gasteiger partial charge in [-0.3, -0.25) is 4.79 Å². The molecule has 0 bridgehead atoms. The predicted molar refractivity (Wildman–Crippen MR) is 97.9 cm³/mol. The summed E-state index contributed by atoms with van der Waals surface area (Å²) in [4.78, 5) is 16.9. The summed E-state index contributed by atoms with van der Waals surface area (Å²) >= 11 is 3.29. The average Bonchev–Trinajstić information content (AvgIpc) is 2.61. The molecule has 0 aromatic heterocycles. The lowest BCUT2D eigenvalue weighted by Gasteiger charge is -2.39. The van der Waals surface area contributed by atoms with E-state index in [1.54, 1.807) is 4.90 Å². The van der Waals surface area contributed by atoms with Crippen LogP contribution in [0, 0.1) is 5.82 Å². The molecule has 24 heavy (non-hydrogen) atoms. The molecule has 3 rings (SSSR count). The van der Waals surface area contributed by atoms with Gasteiger partial charge in [0.2, 0.25) is 0 Å². The number of hydrogen-bond acceptors (Lipinski definition) is 2. The highest BCUT2D eigenvalue weighted by molar-refractivity contribution is 9.10. The highest BCUT2D eigenvalue weighted by Gasteiger charge is 2.27. The van der Waals surface area contributed by atoms with Crippen LogP contribution in [0.1, 0.15) is 23.2 Å². The molecule has 1 amide bonds. The fourth-order valence-electron chi connectivity index (χ4n) is 3.16. The summed E-state index contributed by atoms with van der Waals surface area (Å²) in [5, 5.41) is 0. The van der Waals surface area contributed by atoms with Crippen molar-refractivity contribution in [2.45, 2.75) is 18.9 Å².